The third-order valence-corrected chi connectivity index (χ3v) is 8.73. The molecule has 1 amide bonds. The van der Waals surface area contributed by atoms with E-state index < -0.39 is 18.3 Å². The molecule has 6 aromatic rings. The molecule has 0 bridgehead atoms. The molecule has 12 heteroatoms. The van der Waals surface area contributed by atoms with E-state index in [1.165, 1.54) is 36.2 Å². The predicted molar refractivity (Wildman–Crippen MR) is 173 cm³/mol. The Hall–Kier alpha value is -4.81. The van der Waals surface area contributed by atoms with Gasteiger partial charge in [0.15, 0.2) is 23.9 Å². The quantitative estimate of drug-likeness (QED) is 0.165. The molecule has 4 aromatic carbocycles. The van der Waals surface area contributed by atoms with E-state index in [-0.39, 0.29) is 28.6 Å². The summed E-state index contributed by atoms with van der Waals surface area (Å²) >= 11 is 7.03. The number of aromatic nitrogens is 2. The Morgan fingerprint density at radius 1 is 1.05 bits per heavy atom. The third-order valence-electron chi connectivity index (χ3n) is 6.58. The smallest absolute Gasteiger partial charge is 0.282 e. The number of fused-ring (bicyclic) bond motifs is 2. The fourth-order valence-corrected chi connectivity index (χ4v) is 5.41. The van der Waals surface area contributed by atoms with Crippen molar-refractivity contribution in [2.45, 2.75) is 0 Å². The minimum absolute atomic E-state index is 0.0420. The lowest BCUT2D eigenvalue weighted by Gasteiger charge is -2.15. The van der Waals surface area contributed by atoms with E-state index in [4.69, 9.17) is 18.9 Å². The maximum atomic E-state index is 13.9. The number of hydrogen-bond donors (Lipinski definition) is 1. The van der Waals surface area contributed by atoms with Crippen LogP contribution in [-0.2, 0) is 4.79 Å². The normalized spacial score (nSPS) is 11.4. The minimum atomic E-state index is -0.563. The number of methoxy groups -OCH3 is 1. The molecule has 1 N–H and O–H groups in total. The molecule has 0 aliphatic heterocycles. The number of para-hydroxylation sites is 3. The largest absolute Gasteiger partial charge is 0.493 e. The average molecular weight is 720 g/mol. The highest BCUT2D eigenvalue weighted by Gasteiger charge is 2.20. The first kappa shape index (κ1) is 29.3. The number of rotatable bonds is 8. The third kappa shape index (κ3) is 5.73. The van der Waals surface area contributed by atoms with Crippen molar-refractivity contribution in [2.24, 2.45) is 5.10 Å². The number of anilines is 1. The van der Waals surface area contributed by atoms with Crippen LogP contribution in [0.5, 0.6) is 11.5 Å². The van der Waals surface area contributed by atoms with Crippen LogP contribution in [-0.4, -0.2) is 35.5 Å². The number of nitrogens with one attached hydrogen (secondary N) is 1. The van der Waals surface area contributed by atoms with Gasteiger partial charge in [-0.1, -0.05) is 42.5 Å². The first-order valence-corrected chi connectivity index (χ1v) is 14.7. The number of carbonyl (C=O) groups excluding carboxylic acids is 1. The first-order chi connectivity index (χ1) is 21.3. The number of furan rings is 1. The van der Waals surface area contributed by atoms with Crippen molar-refractivity contribution in [1.29, 1.82) is 0 Å². The summed E-state index contributed by atoms with van der Waals surface area (Å²) in [4.78, 5) is 30.8. The van der Waals surface area contributed by atoms with Crippen molar-refractivity contribution in [3.8, 4) is 23.1 Å². The van der Waals surface area contributed by atoms with Crippen LogP contribution in [0.4, 0.5) is 10.1 Å². The molecule has 2 aromatic heterocycles. The fourth-order valence-electron chi connectivity index (χ4n) is 4.47. The van der Waals surface area contributed by atoms with Crippen LogP contribution in [0.3, 0.4) is 0 Å². The van der Waals surface area contributed by atoms with E-state index in [9.17, 15) is 14.0 Å². The van der Waals surface area contributed by atoms with Crippen molar-refractivity contribution >= 4 is 71.5 Å². The predicted octanol–water partition coefficient (Wildman–Crippen LogP) is 7.38. The minimum Gasteiger partial charge on any atom is -0.493 e. The second kappa shape index (κ2) is 12.4. The molecule has 0 atom stereocenters. The molecule has 0 unspecified atom stereocenters. The van der Waals surface area contributed by atoms with Gasteiger partial charge in [-0.25, -0.2) is 9.37 Å². The van der Waals surface area contributed by atoms with E-state index in [0.717, 1.165) is 5.39 Å². The molecule has 0 fully saturated rings. The van der Waals surface area contributed by atoms with E-state index in [1.54, 1.807) is 36.4 Å². The van der Waals surface area contributed by atoms with E-state index in [1.807, 2.05) is 30.3 Å². The molecule has 0 saturated heterocycles. The van der Waals surface area contributed by atoms with Gasteiger partial charge in [0.1, 0.15) is 11.4 Å². The van der Waals surface area contributed by atoms with Crippen LogP contribution >= 0.6 is 31.9 Å². The zero-order chi connectivity index (χ0) is 30.8. The second-order valence-corrected chi connectivity index (χ2v) is 11.0. The van der Waals surface area contributed by atoms with Gasteiger partial charge in [-0.2, -0.15) is 9.78 Å². The lowest BCUT2D eigenvalue weighted by atomic mass is 10.2. The van der Waals surface area contributed by atoms with Crippen molar-refractivity contribution < 1.29 is 23.1 Å². The van der Waals surface area contributed by atoms with Crippen LogP contribution < -0.4 is 20.3 Å². The fraction of sp³-hybridized carbons (Fsp3) is 0.0625. The van der Waals surface area contributed by atoms with E-state index >= 15 is 0 Å². The van der Waals surface area contributed by atoms with Crippen molar-refractivity contribution in [2.75, 3.05) is 19.0 Å². The van der Waals surface area contributed by atoms with Gasteiger partial charge in [-0.05, 0) is 74.3 Å². The monoisotopic (exact) mass is 718 g/mol. The summed E-state index contributed by atoms with van der Waals surface area (Å²) in [6.45, 7) is -0.415. The number of hydrogen-bond acceptors (Lipinski definition) is 7. The first-order valence-electron chi connectivity index (χ1n) is 13.1. The van der Waals surface area contributed by atoms with Crippen molar-refractivity contribution in [3.05, 3.63) is 116 Å². The zero-order valence-corrected chi connectivity index (χ0v) is 26.1. The standard InChI is InChI=1S/C32H21Br2FN4O5/c1-42-25-15-19(28(33)29(34)30(25)43-17-27(40)37-23-12-6-4-10-21(23)35)16-36-39-31(26-14-18-8-2-7-13-24(18)44-26)38-22-11-5-3-9-20(22)32(39)41/h2-16H,17H2,1H3,(H,37,40). The SMILES string of the molecule is COc1cc(C=Nn2c(-c3cc4ccccc4o3)nc3ccccc3c2=O)c(Br)c(Br)c1OCC(=O)Nc1ccccc1F. The summed E-state index contributed by atoms with van der Waals surface area (Å²) in [7, 11) is 1.44. The lowest BCUT2D eigenvalue weighted by molar-refractivity contribution is -0.118. The van der Waals surface area contributed by atoms with E-state index in [2.05, 4.69) is 42.3 Å². The molecule has 0 saturated carbocycles. The van der Waals surface area contributed by atoms with Gasteiger partial charge in [0.2, 0.25) is 5.82 Å². The Kier molecular flexibility index (Phi) is 8.27. The zero-order valence-electron chi connectivity index (χ0n) is 22.9. The maximum absolute atomic E-state index is 13.9. The second-order valence-electron chi connectivity index (χ2n) is 9.40. The molecule has 220 valence electrons. The highest BCUT2D eigenvalue weighted by Crippen LogP contribution is 2.42. The van der Waals surface area contributed by atoms with Crippen LogP contribution in [0.1, 0.15) is 5.56 Å². The van der Waals surface area contributed by atoms with Gasteiger partial charge >= 0.3 is 0 Å². The molecule has 0 radical (unpaired) electrons. The average Bonchev–Trinajstić information content (AvgIpc) is 3.47. The number of carbonyl (C=O) groups is 1. The molecule has 9 nitrogen and oxygen atoms in total. The molecule has 0 aliphatic carbocycles. The maximum Gasteiger partial charge on any atom is 0.282 e. The molecule has 0 aliphatic rings. The Labute approximate surface area is 266 Å². The van der Waals surface area contributed by atoms with Gasteiger partial charge in [-0.3, -0.25) is 9.59 Å². The Balaban J connectivity index is 1.35. The Bertz CT molecular complexity index is 2110. The highest BCUT2D eigenvalue weighted by atomic mass is 79.9. The van der Waals surface area contributed by atoms with Crippen molar-refractivity contribution in [3.63, 3.8) is 0 Å². The topological polar surface area (TPSA) is 108 Å². The van der Waals surface area contributed by atoms with Crippen LogP contribution in [0.15, 0.2) is 108 Å². The highest BCUT2D eigenvalue weighted by molar-refractivity contribution is 9.13. The molecule has 0 spiro atoms. The molecular weight excluding hydrogens is 699 g/mol. The number of ether oxygens (including phenoxy) is 2. The summed E-state index contributed by atoms with van der Waals surface area (Å²) in [5, 5.41) is 8.24. The summed E-state index contributed by atoms with van der Waals surface area (Å²) in [6, 6.07) is 23.8. The van der Waals surface area contributed by atoms with Crippen LogP contribution in [0.25, 0.3) is 33.5 Å². The Morgan fingerprint density at radius 2 is 1.80 bits per heavy atom. The van der Waals surface area contributed by atoms with Gasteiger partial charge in [0, 0.05) is 15.4 Å². The van der Waals surface area contributed by atoms with Gasteiger partial charge in [0.05, 0.1) is 34.4 Å². The number of benzene rings is 4. The summed E-state index contributed by atoms with van der Waals surface area (Å²) in [5.41, 5.74) is 1.33. The summed E-state index contributed by atoms with van der Waals surface area (Å²) in [5.74, 6) is -0.0118. The number of halogens is 3. The number of nitrogens with zero attached hydrogens (tertiary/aromatic N) is 3. The van der Waals surface area contributed by atoms with Gasteiger partial charge in [-0.15, -0.1) is 0 Å². The summed E-state index contributed by atoms with van der Waals surface area (Å²) in [6.07, 6.45) is 1.47. The number of amides is 1. The lowest BCUT2D eigenvalue weighted by Crippen LogP contribution is -2.21. The summed E-state index contributed by atoms with van der Waals surface area (Å²) < 4.78 is 33.4. The Morgan fingerprint density at radius 3 is 2.59 bits per heavy atom. The van der Waals surface area contributed by atoms with Crippen LogP contribution in [0.2, 0.25) is 0 Å². The molecule has 44 heavy (non-hydrogen) atoms. The van der Waals surface area contributed by atoms with Crippen LogP contribution in [0, 0.1) is 5.82 Å². The molecule has 2 heterocycles. The molecular formula is C32H21Br2FN4O5. The van der Waals surface area contributed by atoms with Gasteiger partial charge < -0.3 is 19.2 Å². The van der Waals surface area contributed by atoms with Crippen molar-refractivity contribution in [1.82, 2.24) is 9.66 Å². The molecule has 6 rings (SSSR count). The van der Waals surface area contributed by atoms with E-state index in [0.29, 0.717) is 36.8 Å². The van der Waals surface area contributed by atoms with Gasteiger partial charge in [0.25, 0.3) is 11.5 Å².